The third-order valence-corrected chi connectivity index (χ3v) is 3.80. The molecular weight excluding hydrogens is 192 g/mol. The molecule has 0 amide bonds. The van der Waals surface area contributed by atoms with Gasteiger partial charge in [-0.05, 0) is 25.2 Å². The van der Waals surface area contributed by atoms with Gasteiger partial charge in [0.1, 0.15) is 12.9 Å². The van der Waals surface area contributed by atoms with Gasteiger partial charge in [-0.1, -0.05) is 20.3 Å². The van der Waals surface area contributed by atoms with E-state index in [1.807, 2.05) is 0 Å². The van der Waals surface area contributed by atoms with Gasteiger partial charge in [-0.2, -0.15) is 0 Å². The average Bonchev–Trinajstić information content (AvgIpc) is 2.24. The Morgan fingerprint density at radius 3 is 2.80 bits per heavy atom. The lowest BCUT2D eigenvalue weighted by Crippen LogP contribution is -2.54. The van der Waals surface area contributed by atoms with Gasteiger partial charge in [0.2, 0.25) is 0 Å². The van der Waals surface area contributed by atoms with Crippen LogP contribution in [0.4, 0.5) is 0 Å². The van der Waals surface area contributed by atoms with Crippen LogP contribution in [0.5, 0.6) is 0 Å². The molecule has 2 rings (SSSR count). The molecule has 5 atom stereocenters. The van der Waals surface area contributed by atoms with E-state index in [0.717, 1.165) is 0 Å². The predicted molar refractivity (Wildman–Crippen MR) is 57.6 cm³/mol. The highest BCUT2D eigenvalue weighted by molar-refractivity contribution is 4.89. The molecule has 2 fully saturated rings. The van der Waals surface area contributed by atoms with Crippen molar-refractivity contribution in [2.24, 2.45) is 11.8 Å². The Morgan fingerprint density at radius 2 is 2.07 bits per heavy atom. The zero-order valence-corrected chi connectivity index (χ0v) is 9.94. The van der Waals surface area contributed by atoms with Gasteiger partial charge in [-0.15, -0.1) is 0 Å². The summed E-state index contributed by atoms with van der Waals surface area (Å²) in [5.74, 6) is 1.22. The van der Waals surface area contributed by atoms with Gasteiger partial charge in [-0.3, -0.25) is 0 Å². The van der Waals surface area contributed by atoms with E-state index >= 15 is 0 Å². The van der Waals surface area contributed by atoms with E-state index in [4.69, 9.17) is 14.2 Å². The van der Waals surface area contributed by atoms with E-state index < -0.39 is 0 Å². The third-order valence-electron chi connectivity index (χ3n) is 3.80. The van der Waals surface area contributed by atoms with Crippen molar-refractivity contribution >= 4 is 0 Å². The summed E-state index contributed by atoms with van der Waals surface area (Å²) < 4.78 is 16.9. The largest absolute Gasteiger partial charge is 0.370 e. The number of ether oxygens (including phenoxy) is 3. The quantitative estimate of drug-likeness (QED) is 0.705. The number of fused-ring (bicyclic) bond motifs is 1. The van der Waals surface area contributed by atoms with Crippen LogP contribution in [0.3, 0.4) is 0 Å². The molecule has 0 aromatic rings. The van der Waals surface area contributed by atoms with Crippen LogP contribution >= 0.6 is 0 Å². The molecule has 0 aromatic heterocycles. The van der Waals surface area contributed by atoms with Gasteiger partial charge >= 0.3 is 0 Å². The van der Waals surface area contributed by atoms with Gasteiger partial charge < -0.3 is 14.2 Å². The number of rotatable bonds is 2. The maximum absolute atomic E-state index is 5.98. The number of hydrogen-bond acceptors (Lipinski definition) is 3. The summed E-state index contributed by atoms with van der Waals surface area (Å²) in [6.07, 6.45) is 3.18. The van der Waals surface area contributed by atoms with Gasteiger partial charge in [0, 0.05) is 0 Å². The summed E-state index contributed by atoms with van der Waals surface area (Å²) in [6, 6.07) is 0. The predicted octanol–water partition coefficient (Wildman–Crippen LogP) is 2.20. The minimum Gasteiger partial charge on any atom is -0.370 e. The Kier molecular flexibility index (Phi) is 3.65. The van der Waals surface area contributed by atoms with Crippen molar-refractivity contribution in [2.45, 2.75) is 51.9 Å². The van der Waals surface area contributed by atoms with E-state index in [1.54, 1.807) is 0 Å². The fraction of sp³-hybridized carbons (Fsp3) is 1.00. The zero-order chi connectivity index (χ0) is 10.8. The van der Waals surface area contributed by atoms with E-state index in [-0.39, 0.29) is 12.2 Å². The Balaban J connectivity index is 2.04. The van der Waals surface area contributed by atoms with Crippen LogP contribution in [-0.4, -0.2) is 31.7 Å². The van der Waals surface area contributed by atoms with E-state index in [1.165, 1.54) is 12.8 Å². The van der Waals surface area contributed by atoms with Crippen LogP contribution in [0.25, 0.3) is 0 Å². The van der Waals surface area contributed by atoms with Crippen molar-refractivity contribution in [3.05, 3.63) is 0 Å². The summed E-state index contributed by atoms with van der Waals surface area (Å²) in [6.45, 7) is 7.83. The summed E-state index contributed by atoms with van der Waals surface area (Å²) in [5.41, 5.74) is 0. The molecule has 0 spiro atoms. The Hall–Kier alpha value is -0.120. The van der Waals surface area contributed by atoms with Crippen molar-refractivity contribution < 1.29 is 14.2 Å². The lowest BCUT2D eigenvalue weighted by Gasteiger charge is -2.46. The topological polar surface area (TPSA) is 27.7 Å². The first-order valence-electron chi connectivity index (χ1n) is 6.08. The van der Waals surface area contributed by atoms with Gasteiger partial charge in [-0.25, -0.2) is 0 Å². The molecule has 15 heavy (non-hydrogen) atoms. The fourth-order valence-electron chi connectivity index (χ4n) is 2.98. The van der Waals surface area contributed by atoms with Crippen molar-refractivity contribution in [3.8, 4) is 0 Å². The summed E-state index contributed by atoms with van der Waals surface area (Å²) >= 11 is 0. The zero-order valence-electron chi connectivity index (χ0n) is 9.94. The molecule has 2 saturated heterocycles. The second-order valence-electron chi connectivity index (χ2n) is 4.81. The second kappa shape index (κ2) is 4.81. The Bertz CT molecular complexity index is 203. The summed E-state index contributed by atoms with van der Waals surface area (Å²) in [5, 5.41) is 0. The maximum Gasteiger partial charge on any atom is 0.147 e. The first-order chi connectivity index (χ1) is 7.24. The molecule has 88 valence electrons. The molecule has 2 aliphatic heterocycles. The maximum atomic E-state index is 5.98. The standard InChI is InChI=1S/C12H22O3/c1-4-5-10-8(2)12-11(15-9(10)3)6-13-7-14-12/h8-12H,4-7H2,1-3H3. The SMILES string of the molecule is CCCC1C(C)OC2COCOC2C1C. The molecule has 0 saturated carbocycles. The monoisotopic (exact) mass is 214 g/mol. The fourth-order valence-corrected chi connectivity index (χ4v) is 2.98. The van der Waals surface area contributed by atoms with Crippen LogP contribution in [-0.2, 0) is 14.2 Å². The van der Waals surface area contributed by atoms with Crippen molar-refractivity contribution in [1.29, 1.82) is 0 Å². The van der Waals surface area contributed by atoms with Crippen molar-refractivity contribution in [3.63, 3.8) is 0 Å². The normalized spacial score (nSPS) is 46.2. The lowest BCUT2D eigenvalue weighted by atomic mass is 9.78. The first kappa shape index (κ1) is 11.4. The van der Waals surface area contributed by atoms with Gasteiger partial charge in [0.15, 0.2) is 0 Å². The smallest absolute Gasteiger partial charge is 0.147 e. The van der Waals surface area contributed by atoms with E-state index in [9.17, 15) is 0 Å². The van der Waals surface area contributed by atoms with Crippen molar-refractivity contribution in [2.75, 3.05) is 13.4 Å². The molecule has 0 radical (unpaired) electrons. The lowest BCUT2D eigenvalue weighted by molar-refractivity contribution is -0.267. The molecular formula is C12H22O3. The first-order valence-corrected chi connectivity index (χ1v) is 6.08. The summed E-state index contributed by atoms with van der Waals surface area (Å²) in [4.78, 5) is 0. The van der Waals surface area contributed by atoms with Crippen LogP contribution < -0.4 is 0 Å². The average molecular weight is 214 g/mol. The minimum atomic E-state index is 0.150. The second-order valence-corrected chi connectivity index (χ2v) is 4.81. The molecule has 0 N–H and O–H groups in total. The highest BCUT2D eigenvalue weighted by atomic mass is 16.7. The van der Waals surface area contributed by atoms with Crippen LogP contribution in [0.2, 0.25) is 0 Å². The molecule has 3 nitrogen and oxygen atoms in total. The van der Waals surface area contributed by atoms with Gasteiger partial charge in [0.05, 0.1) is 18.8 Å². The molecule has 2 aliphatic rings. The Labute approximate surface area is 92.1 Å². The third kappa shape index (κ3) is 2.19. The van der Waals surface area contributed by atoms with Crippen LogP contribution in [0, 0.1) is 11.8 Å². The van der Waals surface area contributed by atoms with Crippen LogP contribution in [0.1, 0.15) is 33.6 Å². The van der Waals surface area contributed by atoms with Crippen molar-refractivity contribution in [1.82, 2.24) is 0 Å². The highest BCUT2D eigenvalue weighted by Crippen LogP contribution is 2.36. The molecule has 3 heteroatoms. The van der Waals surface area contributed by atoms with E-state index in [0.29, 0.717) is 31.3 Å². The number of hydrogen-bond donors (Lipinski definition) is 0. The Morgan fingerprint density at radius 1 is 1.27 bits per heavy atom. The molecule has 0 bridgehead atoms. The van der Waals surface area contributed by atoms with E-state index in [2.05, 4.69) is 20.8 Å². The molecule has 0 aliphatic carbocycles. The molecule has 5 unspecified atom stereocenters. The minimum absolute atomic E-state index is 0.150. The molecule has 2 heterocycles. The summed E-state index contributed by atoms with van der Waals surface area (Å²) in [7, 11) is 0. The molecule has 0 aromatic carbocycles. The highest BCUT2D eigenvalue weighted by Gasteiger charge is 2.43. The van der Waals surface area contributed by atoms with Crippen LogP contribution in [0.15, 0.2) is 0 Å². The van der Waals surface area contributed by atoms with Gasteiger partial charge in [0.25, 0.3) is 0 Å².